The summed E-state index contributed by atoms with van der Waals surface area (Å²) in [6.07, 6.45) is 0.710. The Morgan fingerprint density at radius 1 is 1.33 bits per heavy atom. The summed E-state index contributed by atoms with van der Waals surface area (Å²) in [7, 11) is 1.70. The fourth-order valence-electron chi connectivity index (χ4n) is 1.42. The number of carbonyl (C=O) groups is 1. The van der Waals surface area contributed by atoms with Gasteiger partial charge in [0.25, 0.3) is 0 Å². The van der Waals surface area contributed by atoms with Gasteiger partial charge in [-0.05, 0) is 0 Å². The van der Waals surface area contributed by atoms with E-state index in [2.05, 4.69) is 5.10 Å². The second kappa shape index (κ2) is 3.87. The highest BCUT2D eigenvalue weighted by Gasteiger charge is 2.14. The summed E-state index contributed by atoms with van der Waals surface area (Å²) in [6, 6.07) is 9.54. The highest BCUT2D eigenvalue weighted by Crippen LogP contribution is 2.28. The molecule has 0 amide bonds. The smallest absolute Gasteiger partial charge is 0.169 e. The number of aldehydes is 1. The van der Waals surface area contributed by atoms with Crippen LogP contribution in [0.3, 0.4) is 0 Å². The van der Waals surface area contributed by atoms with Gasteiger partial charge in [-0.2, -0.15) is 5.10 Å². The minimum atomic E-state index is 0.399. The summed E-state index contributed by atoms with van der Waals surface area (Å²) in [6.45, 7) is 0. The lowest BCUT2D eigenvalue weighted by Crippen LogP contribution is -1.95. The molecule has 1 aromatic carbocycles. The molecule has 0 fully saturated rings. The minimum absolute atomic E-state index is 0.399. The molecule has 1 aromatic heterocycles. The van der Waals surface area contributed by atoms with Crippen LogP contribution in [0.1, 0.15) is 10.5 Å². The van der Waals surface area contributed by atoms with Crippen molar-refractivity contribution in [2.45, 2.75) is 0 Å². The monoisotopic (exact) mass is 220 g/mol. The van der Waals surface area contributed by atoms with Gasteiger partial charge in [0.2, 0.25) is 0 Å². The van der Waals surface area contributed by atoms with Crippen LogP contribution < -0.4 is 0 Å². The first kappa shape index (κ1) is 9.93. The molecule has 0 aliphatic carbocycles. The Hall–Kier alpha value is -1.61. The van der Waals surface area contributed by atoms with E-state index in [1.54, 1.807) is 7.05 Å². The van der Waals surface area contributed by atoms with E-state index >= 15 is 0 Å². The molecule has 0 saturated heterocycles. The number of rotatable bonds is 2. The summed E-state index contributed by atoms with van der Waals surface area (Å²) >= 11 is 6.05. The molecule has 0 N–H and O–H groups in total. The predicted octanol–water partition coefficient (Wildman–Crippen LogP) is 2.55. The SMILES string of the molecule is Cn1nc(-c2ccccc2)c(Cl)c1C=O. The summed E-state index contributed by atoms with van der Waals surface area (Å²) in [5.41, 5.74) is 1.95. The van der Waals surface area contributed by atoms with Crippen molar-refractivity contribution in [3.8, 4) is 11.3 Å². The molecule has 0 aliphatic rings. The van der Waals surface area contributed by atoms with Crippen molar-refractivity contribution in [1.29, 1.82) is 0 Å². The maximum atomic E-state index is 10.7. The number of hydrogen-bond donors (Lipinski definition) is 0. The second-order valence-corrected chi connectivity index (χ2v) is 3.53. The summed E-state index contributed by atoms with van der Waals surface area (Å²) in [5, 5.41) is 4.61. The fraction of sp³-hybridized carbons (Fsp3) is 0.0909. The molecule has 0 saturated carbocycles. The first-order valence-electron chi connectivity index (χ1n) is 4.47. The van der Waals surface area contributed by atoms with Gasteiger partial charge in [-0.3, -0.25) is 9.48 Å². The molecule has 0 unspecified atom stereocenters. The Morgan fingerprint density at radius 2 is 2.00 bits per heavy atom. The molecule has 15 heavy (non-hydrogen) atoms. The largest absolute Gasteiger partial charge is 0.296 e. The molecule has 0 atom stereocenters. The van der Waals surface area contributed by atoms with Crippen LogP contribution in [0, 0.1) is 0 Å². The van der Waals surface area contributed by atoms with Crippen LogP contribution in [0.2, 0.25) is 5.02 Å². The van der Waals surface area contributed by atoms with Gasteiger partial charge in [-0.1, -0.05) is 41.9 Å². The van der Waals surface area contributed by atoms with E-state index in [4.69, 9.17) is 11.6 Å². The molecule has 1 heterocycles. The first-order valence-corrected chi connectivity index (χ1v) is 4.85. The average Bonchev–Trinajstić information content (AvgIpc) is 2.55. The number of nitrogens with zero attached hydrogens (tertiary/aromatic N) is 2. The zero-order chi connectivity index (χ0) is 10.8. The van der Waals surface area contributed by atoms with Crippen molar-refractivity contribution in [1.82, 2.24) is 9.78 Å². The topological polar surface area (TPSA) is 34.9 Å². The number of hydrogen-bond acceptors (Lipinski definition) is 2. The standard InChI is InChI=1S/C11H9ClN2O/c1-14-9(7-15)10(12)11(13-14)8-5-3-2-4-6-8/h2-7H,1H3. The van der Waals surface area contributed by atoms with E-state index in [0.29, 0.717) is 22.7 Å². The van der Waals surface area contributed by atoms with Crippen LogP contribution in [-0.4, -0.2) is 16.1 Å². The lowest BCUT2D eigenvalue weighted by atomic mass is 10.1. The summed E-state index contributed by atoms with van der Waals surface area (Å²) in [4.78, 5) is 10.7. The van der Waals surface area contributed by atoms with Crippen molar-refractivity contribution in [3.05, 3.63) is 41.0 Å². The van der Waals surface area contributed by atoms with E-state index in [1.165, 1.54) is 4.68 Å². The third-order valence-corrected chi connectivity index (χ3v) is 2.56. The summed E-state index contributed by atoms with van der Waals surface area (Å²) in [5.74, 6) is 0. The van der Waals surface area contributed by atoms with E-state index in [9.17, 15) is 4.79 Å². The van der Waals surface area contributed by atoms with Crippen molar-refractivity contribution in [2.24, 2.45) is 7.05 Å². The Kier molecular flexibility index (Phi) is 2.56. The molecule has 2 rings (SSSR count). The molecule has 0 aliphatic heterocycles. The lowest BCUT2D eigenvalue weighted by Gasteiger charge is -1.95. The molecule has 76 valence electrons. The molecular formula is C11H9ClN2O. The van der Waals surface area contributed by atoms with Crippen LogP contribution >= 0.6 is 11.6 Å². The number of benzene rings is 1. The molecule has 0 bridgehead atoms. The predicted molar refractivity (Wildman–Crippen MR) is 59.0 cm³/mol. The highest BCUT2D eigenvalue weighted by atomic mass is 35.5. The van der Waals surface area contributed by atoms with Gasteiger partial charge in [-0.25, -0.2) is 0 Å². The van der Waals surface area contributed by atoms with Crippen molar-refractivity contribution >= 4 is 17.9 Å². The maximum absolute atomic E-state index is 10.7. The number of aryl methyl sites for hydroxylation is 1. The van der Waals surface area contributed by atoms with Crippen molar-refractivity contribution in [3.63, 3.8) is 0 Å². The van der Waals surface area contributed by atoms with E-state index in [1.807, 2.05) is 30.3 Å². The maximum Gasteiger partial charge on any atom is 0.169 e. The Bertz CT molecular complexity index is 491. The van der Waals surface area contributed by atoms with Crippen LogP contribution in [0.25, 0.3) is 11.3 Å². The Morgan fingerprint density at radius 3 is 2.53 bits per heavy atom. The van der Waals surface area contributed by atoms with Gasteiger partial charge < -0.3 is 0 Å². The van der Waals surface area contributed by atoms with Crippen LogP contribution in [0.15, 0.2) is 30.3 Å². The number of carbonyl (C=O) groups excluding carboxylic acids is 1. The summed E-state index contributed by atoms with van der Waals surface area (Å²) < 4.78 is 1.48. The van der Waals surface area contributed by atoms with Gasteiger partial charge in [-0.15, -0.1) is 0 Å². The zero-order valence-electron chi connectivity index (χ0n) is 8.14. The normalized spacial score (nSPS) is 10.3. The van der Waals surface area contributed by atoms with Crippen LogP contribution in [-0.2, 0) is 7.05 Å². The van der Waals surface area contributed by atoms with Gasteiger partial charge >= 0.3 is 0 Å². The quantitative estimate of drug-likeness (QED) is 0.729. The Labute approximate surface area is 92.3 Å². The minimum Gasteiger partial charge on any atom is -0.296 e. The fourth-order valence-corrected chi connectivity index (χ4v) is 1.73. The first-order chi connectivity index (χ1) is 7.24. The van der Waals surface area contributed by atoms with Gasteiger partial charge in [0.05, 0.1) is 5.02 Å². The lowest BCUT2D eigenvalue weighted by molar-refractivity contribution is 0.111. The number of halogens is 1. The van der Waals surface area contributed by atoms with E-state index in [0.717, 1.165) is 5.56 Å². The van der Waals surface area contributed by atoms with Gasteiger partial charge in [0.15, 0.2) is 6.29 Å². The van der Waals surface area contributed by atoms with Gasteiger partial charge in [0, 0.05) is 12.6 Å². The van der Waals surface area contributed by atoms with Crippen LogP contribution in [0.5, 0.6) is 0 Å². The zero-order valence-corrected chi connectivity index (χ0v) is 8.90. The number of aromatic nitrogens is 2. The highest BCUT2D eigenvalue weighted by molar-refractivity contribution is 6.35. The van der Waals surface area contributed by atoms with E-state index in [-0.39, 0.29) is 0 Å². The van der Waals surface area contributed by atoms with E-state index < -0.39 is 0 Å². The molecule has 0 radical (unpaired) electrons. The molecule has 3 nitrogen and oxygen atoms in total. The molecular weight excluding hydrogens is 212 g/mol. The molecule has 4 heteroatoms. The third kappa shape index (κ3) is 1.66. The van der Waals surface area contributed by atoms with Crippen molar-refractivity contribution in [2.75, 3.05) is 0 Å². The van der Waals surface area contributed by atoms with Crippen LogP contribution in [0.4, 0.5) is 0 Å². The van der Waals surface area contributed by atoms with Crippen molar-refractivity contribution < 1.29 is 4.79 Å². The Balaban J connectivity index is 2.60. The molecule has 2 aromatic rings. The second-order valence-electron chi connectivity index (χ2n) is 3.16. The van der Waals surface area contributed by atoms with Gasteiger partial charge in [0.1, 0.15) is 11.4 Å². The average molecular weight is 221 g/mol. The molecule has 0 spiro atoms. The third-order valence-electron chi connectivity index (χ3n) is 2.19.